The number of rotatable bonds is 9. The zero-order valence-electron chi connectivity index (χ0n) is 14.9. The Kier molecular flexibility index (Phi) is 7.96. The minimum atomic E-state index is -2.95. The number of benzene rings is 1. The van der Waals surface area contributed by atoms with Gasteiger partial charge in [0.1, 0.15) is 0 Å². The number of unbranched alkanes of at least 4 members (excludes halogenated alkanes) is 1. The molecule has 1 heterocycles. The van der Waals surface area contributed by atoms with E-state index >= 15 is 0 Å². The quantitative estimate of drug-likeness (QED) is 0.642. The van der Waals surface area contributed by atoms with E-state index in [1.165, 1.54) is 17.3 Å². The molecule has 1 aliphatic rings. The number of carbonyl (C=O) groups excluding carboxylic acids is 2. The van der Waals surface area contributed by atoms with Gasteiger partial charge in [0.25, 0.3) is 5.91 Å². The monoisotopic (exact) mass is 399 g/mol. The van der Waals surface area contributed by atoms with Gasteiger partial charge in [0.15, 0.2) is 16.4 Å². The Morgan fingerprint density at radius 1 is 1.27 bits per heavy atom. The van der Waals surface area contributed by atoms with E-state index in [1.807, 2.05) is 24.3 Å². The van der Waals surface area contributed by atoms with Gasteiger partial charge in [0.05, 0.1) is 17.3 Å². The minimum Gasteiger partial charge on any atom is -0.455 e. The Labute approximate surface area is 159 Å². The topological polar surface area (TPSA) is 89.5 Å². The Bertz CT molecular complexity index is 716. The van der Waals surface area contributed by atoms with Gasteiger partial charge >= 0.3 is 5.97 Å². The molecular weight excluding hydrogens is 374 g/mol. The van der Waals surface area contributed by atoms with Crippen LogP contribution in [0.25, 0.3) is 0 Å². The minimum absolute atomic E-state index is 0.0552. The summed E-state index contributed by atoms with van der Waals surface area (Å²) in [6.45, 7) is 1.80. The van der Waals surface area contributed by atoms with Gasteiger partial charge < -0.3 is 10.1 Å². The number of carbonyl (C=O) groups is 2. The van der Waals surface area contributed by atoms with Crippen molar-refractivity contribution in [3.63, 3.8) is 0 Å². The third-order valence-corrected chi connectivity index (χ3v) is 7.30. The molecule has 0 aliphatic carbocycles. The van der Waals surface area contributed by atoms with Crippen LogP contribution in [0.5, 0.6) is 0 Å². The number of ether oxygens (including phenoxy) is 1. The molecule has 1 aromatic carbocycles. The summed E-state index contributed by atoms with van der Waals surface area (Å²) >= 11 is 1.27. The molecule has 0 bridgehead atoms. The molecule has 0 aromatic heterocycles. The van der Waals surface area contributed by atoms with Gasteiger partial charge in [0.2, 0.25) is 0 Å². The van der Waals surface area contributed by atoms with E-state index in [0.717, 1.165) is 19.3 Å². The fourth-order valence-electron chi connectivity index (χ4n) is 2.60. The SMILES string of the molecule is CCCCc1ccc(NC(=O)COC(=O)CS[C@H]2CCS(=O)(=O)C2)cc1. The van der Waals surface area contributed by atoms with Crippen LogP contribution in [-0.4, -0.2) is 49.4 Å². The highest BCUT2D eigenvalue weighted by molar-refractivity contribution is 8.02. The van der Waals surface area contributed by atoms with Gasteiger partial charge in [-0.3, -0.25) is 9.59 Å². The Morgan fingerprint density at radius 3 is 2.62 bits per heavy atom. The Hall–Kier alpha value is -1.54. The van der Waals surface area contributed by atoms with Crippen molar-refractivity contribution < 1.29 is 22.7 Å². The molecule has 6 nitrogen and oxygen atoms in total. The molecule has 1 aromatic rings. The number of hydrogen-bond donors (Lipinski definition) is 1. The second-order valence-electron chi connectivity index (χ2n) is 6.35. The van der Waals surface area contributed by atoms with Crippen molar-refractivity contribution in [3.8, 4) is 0 Å². The molecule has 1 N–H and O–H groups in total. The fourth-order valence-corrected chi connectivity index (χ4v) is 6.04. The van der Waals surface area contributed by atoms with Crippen molar-refractivity contribution in [1.82, 2.24) is 0 Å². The van der Waals surface area contributed by atoms with E-state index < -0.39 is 21.7 Å². The van der Waals surface area contributed by atoms with Gasteiger partial charge in [-0.15, -0.1) is 11.8 Å². The summed E-state index contributed by atoms with van der Waals surface area (Å²) in [6, 6.07) is 7.62. The molecule has 1 amide bonds. The predicted octanol–water partition coefficient (Wildman–Crippen LogP) is 2.43. The van der Waals surface area contributed by atoms with Crippen LogP contribution in [0.1, 0.15) is 31.7 Å². The third kappa shape index (κ3) is 7.37. The van der Waals surface area contributed by atoms with Crippen LogP contribution in [0.3, 0.4) is 0 Å². The second kappa shape index (κ2) is 9.97. The number of amides is 1. The summed E-state index contributed by atoms with van der Waals surface area (Å²) in [6.07, 6.45) is 3.85. The van der Waals surface area contributed by atoms with Crippen LogP contribution in [0.4, 0.5) is 5.69 Å². The van der Waals surface area contributed by atoms with Gasteiger partial charge in [0, 0.05) is 10.9 Å². The van der Waals surface area contributed by atoms with Gasteiger partial charge in [-0.05, 0) is 37.0 Å². The number of anilines is 1. The van der Waals surface area contributed by atoms with Crippen LogP contribution in [-0.2, 0) is 30.6 Å². The zero-order chi connectivity index (χ0) is 19.0. The van der Waals surface area contributed by atoms with Crippen LogP contribution in [0, 0.1) is 0 Å². The maximum Gasteiger partial charge on any atom is 0.316 e. The molecule has 1 saturated heterocycles. The third-order valence-electron chi connectivity index (χ3n) is 4.05. The highest BCUT2D eigenvalue weighted by Gasteiger charge is 2.28. The lowest BCUT2D eigenvalue weighted by molar-refractivity contribution is -0.144. The molecule has 1 fully saturated rings. The number of thioether (sulfide) groups is 1. The predicted molar refractivity (Wildman–Crippen MR) is 104 cm³/mol. The van der Waals surface area contributed by atoms with Crippen molar-refractivity contribution in [1.29, 1.82) is 0 Å². The molecule has 144 valence electrons. The number of aryl methyl sites for hydroxylation is 1. The molecule has 1 atom stereocenters. The van der Waals surface area contributed by atoms with Crippen molar-refractivity contribution in [3.05, 3.63) is 29.8 Å². The molecule has 0 radical (unpaired) electrons. The van der Waals surface area contributed by atoms with Gasteiger partial charge in [-0.2, -0.15) is 0 Å². The van der Waals surface area contributed by atoms with Crippen LogP contribution in [0.2, 0.25) is 0 Å². The highest BCUT2D eigenvalue weighted by atomic mass is 32.2. The Morgan fingerprint density at radius 2 is 2.00 bits per heavy atom. The van der Waals surface area contributed by atoms with E-state index in [1.54, 1.807) is 0 Å². The largest absolute Gasteiger partial charge is 0.455 e. The lowest BCUT2D eigenvalue weighted by Gasteiger charge is -2.09. The summed E-state index contributed by atoms with van der Waals surface area (Å²) in [4.78, 5) is 23.5. The summed E-state index contributed by atoms with van der Waals surface area (Å²) in [5, 5.41) is 2.62. The first-order valence-electron chi connectivity index (χ1n) is 8.74. The summed E-state index contributed by atoms with van der Waals surface area (Å²) in [5.41, 5.74) is 1.89. The maximum atomic E-state index is 11.8. The number of esters is 1. The molecule has 8 heteroatoms. The molecular formula is C18H25NO5S2. The summed E-state index contributed by atoms with van der Waals surface area (Å²) < 4.78 is 27.7. The van der Waals surface area contributed by atoms with Crippen molar-refractivity contribution in [2.24, 2.45) is 0 Å². The normalized spacial score (nSPS) is 18.4. The Balaban J connectivity index is 1.65. The van der Waals surface area contributed by atoms with Crippen LogP contribution >= 0.6 is 11.8 Å². The zero-order valence-corrected chi connectivity index (χ0v) is 16.5. The summed E-state index contributed by atoms with van der Waals surface area (Å²) in [5.74, 6) is -0.559. The fraction of sp³-hybridized carbons (Fsp3) is 0.556. The maximum absolute atomic E-state index is 11.8. The lowest BCUT2D eigenvalue weighted by Crippen LogP contribution is -2.22. The molecule has 0 spiro atoms. The first-order chi connectivity index (χ1) is 12.4. The molecule has 0 saturated carbocycles. The smallest absolute Gasteiger partial charge is 0.316 e. The standard InChI is InChI=1S/C18H25NO5S2/c1-2-3-4-14-5-7-15(8-6-14)19-17(20)11-24-18(21)12-25-16-9-10-26(22,23)13-16/h5-8,16H,2-4,9-13H2,1H3,(H,19,20)/t16-/m0/s1. The van der Waals surface area contributed by atoms with Gasteiger partial charge in [-0.1, -0.05) is 25.5 Å². The average Bonchev–Trinajstić information content (AvgIpc) is 2.96. The number of hydrogen-bond acceptors (Lipinski definition) is 6. The first kappa shape index (κ1) is 20.8. The van der Waals surface area contributed by atoms with E-state index in [9.17, 15) is 18.0 Å². The van der Waals surface area contributed by atoms with Crippen molar-refractivity contribution in [2.75, 3.05) is 29.2 Å². The van der Waals surface area contributed by atoms with Crippen LogP contribution < -0.4 is 5.32 Å². The van der Waals surface area contributed by atoms with Crippen molar-refractivity contribution >= 4 is 39.2 Å². The number of nitrogens with one attached hydrogen (secondary N) is 1. The first-order valence-corrected chi connectivity index (χ1v) is 11.6. The summed E-state index contributed by atoms with van der Waals surface area (Å²) in [7, 11) is -2.95. The van der Waals surface area contributed by atoms with E-state index in [0.29, 0.717) is 12.1 Å². The van der Waals surface area contributed by atoms with E-state index in [4.69, 9.17) is 4.74 Å². The number of sulfone groups is 1. The van der Waals surface area contributed by atoms with Crippen LogP contribution in [0.15, 0.2) is 24.3 Å². The second-order valence-corrected chi connectivity index (χ2v) is 9.86. The van der Waals surface area contributed by atoms with Crippen molar-refractivity contribution in [2.45, 2.75) is 37.9 Å². The van der Waals surface area contributed by atoms with E-state index in [-0.39, 0.29) is 29.1 Å². The highest BCUT2D eigenvalue weighted by Crippen LogP contribution is 2.24. The van der Waals surface area contributed by atoms with E-state index in [2.05, 4.69) is 12.2 Å². The molecule has 26 heavy (non-hydrogen) atoms. The molecule has 2 rings (SSSR count). The van der Waals surface area contributed by atoms with Gasteiger partial charge in [-0.25, -0.2) is 8.42 Å². The molecule has 1 aliphatic heterocycles. The molecule has 0 unspecified atom stereocenters. The lowest BCUT2D eigenvalue weighted by atomic mass is 10.1. The average molecular weight is 400 g/mol.